The lowest BCUT2D eigenvalue weighted by molar-refractivity contribution is -0.164. The van der Waals surface area contributed by atoms with Crippen LogP contribution >= 0.6 is 11.8 Å². The maximum Gasteiger partial charge on any atom is 0.408 e. The van der Waals surface area contributed by atoms with Crippen molar-refractivity contribution in [2.45, 2.75) is 102 Å². The van der Waals surface area contributed by atoms with Crippen molar-refractivity contribution in [2.75, 3.05) is 11.9 Å². The second kappa shape index (κ2) is 17.9. The summed E-state index contributed by atoms with van der Waals surface area (Å²) in [6, 6.07) is 23.4. The number of hydrogen-bond acceptors (Lipinski definition) is 10. The van der Waals surface area contributed by atoms with Gasteiger partial charge < -0.3 is 35.1 Å². The van der Waals surface area contributed by atoms with Gasteiger partial charge in [-0.2, -0.15) is 0 Å². The molecule has 310 valence electrons. The van der Waals surface area contributed by atoms with E-state index in [4.69, 9.17) is 14.2 Å². The van der Waals surface area contributed by atoms with Crippen LogP contribution in [0.25, 0.3) is 0 Å². The molecule has 13 nitrogen and oxygen atoms in total. The average molecular weight is 823 g/mol. The number of carbonyl (C=O) groups is 6. The van der Waals surface area contributed by atoms with E-state index in [9.17, 15) is 28.8 Å². The number of carbonyl (C=O) groups excluding carboxylic acids is 6. The smallest absolute Gasteiger partial charge is 0.408 e. The largest absolute Gasteiger partial charge is 0.460 e. The van der Waals surface area contributed by atoms with Gasteiger partial charge in [-0.3, -0.25) is 19.2 Å². The second-order valence-corrected chi connectivity index (χ2v) is 17.5. The van der Waals surface area contributed by atoms with Gasteiger partial charge in [0, 0.05) is 24.2 Å². The number of alkyl carbamates (subject to hydrolysis) is 1. The summed E-state index contributed by atoms with van der Waals surface area (Å²) in [4.78, 5) is 81.3. The fraction of sp³-hybridized carbons (Fsp3) is 0.378. The van der Waals surface area contributed by atoms with E-state index in [2.05, 4.69) is 16.0 Å². The maximum atomic E-state index is 14.8. The molecule has 0 aliphatic carbocycles. The van der Waals surface area contributed by atoms with Crippen LogP contribution in [-0.4, -0.2) is 75.9 Å². The van der Waals surface area contributed by atoms with E-state index in [1.54, 1.807) is 71.2 Å². The Morgan fingerprint density at radius 2 is 1.44 bits per heavy atom. The number of ether oxygens (including phenoxy) is 3. The summed E-state index contributed by atoms with van der Waals surface area (Å²) < 4.78 is 17.1. The third kappa shape index (κ3) is 10.8. The fourth-order valence-corrected chi connectivity index (χ4v) is 8.26. The Kier molecular flexibility index (Phi) is 13.0. The summed E-state index contributed by atoms with van der Waals surface area (Å²) in [5, 5.41) is 9.49. The molecule has 0 unspecified atom stereocenters. The van der Waals surface area contributed by atoms with Crippen LogP contribution < -0.4 is 16.0 Å². The van der Waals surface area contributed by atoms with E-state index in [1.807, 2.05) is 60.7 Å². The van der Waals surface area contributed by atoms with E-state index < -0.39 is 58.7 Å². The molecule has 14 heteroatoms. The Balaban J connectivity index is 1.30. The van der Waals surface area contributed by atoms with Crippen molar-refractivity contribution in [1.29, 1.82) is 0 Å². The van der Waals surface area contributed by atoms with Crippen LogP contribution in [-0.2, 0) is 44.6 Å². The Morgan fingerprint density at radius 3 is 2.00 bits per heavy atom. The quantitative estimate of drug-likeness (QED) is 0.0794. The highest BCUT2D eigenvalue weighted by Gasteiger charge is 2.57. The number of thioether (sulfide) groups is 1. The molecule has 3 aromatic rings. The van der Waals surface area contributed by atoms with Crippen LogP contribution in [0, 0.1) is 0 Å². The van der Waals surface area contributed by atoms with Crippen LogP contribution in [0.4, 0.5) is 10.5 Å². The van der Waals surface area contributed by atoms with Crippen molar-refractivity contribution in [3.63, 3.8) is 0 Å². The summed E-state index contributed by atoms with van der Waals surface area (Å²) in [5.74, 6) is -2.29. The molecule has 3 aliphatic heterocycles. The SMILES string of the molecule is CC(C)(C)OC(=O)CCC(=O)Nc1ccc(CC(C2=CS[C@@H]3[C@H](NC(=O)OC(C)(C)C)C(=O)N3[C@H]2C(=O)OC(c2ccccc2)c2ccccc2)=C2CCNC2=O)cc1. The van der Waals surface area contributed by atoms with Crippen molar-refractivity contribution in [1.82, 2.24) is 15.5 Å². The van der Waals surface area contributed by atoms with Crippen LogP contribution in [0.15, 0.2) is 107 Å². The van der Waals surface area contributed by atoms with Gasteiger partial charge in [0.15, 0.2) is 12.1 Å². The Hall–Kier alpha value is -5.89. The molecule has 0 radical (unpaired) electrons. The van der Waals surface area contributed by atoms with Crippen molar-refractivity contribution in [3.8, 4) is 0 Å². The predicted octanol–water partition coefficient (Wildman–Crippen LogP) is 6.50. The minimum atomic E-state index is -1.26. The van der Waals surface area contributed by atoms with Gasteiger partial charge >= 0.3 is 18.0 Å². The molecular weight excluding hydrogens is 773 g/mol. The number of rotatable bonds is 12. The molecule has 2 fully saturated rings. The minimum absolute atomic E-state index is 0.0505. The topological polar surface area (TPSA) is 169 Å². The fourth-order valence-electron chi connectivity index (χ4n) is 7.00. The van der Waals surface area contributed by atoms with Crippen molar-refractivity contribution >= 4 is 53.2 Å². The van der Waals surface area contributed by atoms with Crippen LogP contribution in [0.2, 0.25) is 0 Å². The Labute approximate surface area is 348 Å². The standard InChI is InChI=1S/C45H50N4O9S/c1-44(2,3)57-35(51)22-21-34(50)47-30-19-17-27(18-20-30)25-32(31-23-24-46-39(31)52)33-26-59-41-36(48-43(55)58-45(4,5)6)40(53)49(41)37(33)42(54)56-38(28-13-9-7-10-14-28)29-15-11-8-12-16-29/h7-20,26,36-38,41H,21-25H2,1-6H3,(H,46,52)(H,47,50)(H,48,55)/t36-,37-,41-/m1/s1. The summed E-state index contributed by atoms with van der Waals surface area (Å²) in [7, 11) is 0. The molecule has 3 heterocycles. The molecule has 0 aromatic heterocycles. The zero-order valence-electron chi connectivity index (χ0n) is 34.0. The number of hydrogen-bond donors (Lipinski definition) is 3. The van der Waals surface area contributed by atoms with Gasteiger partial charge in [0.05, 0.1) is 6.42 Å². The van der Waals surface area contributed by atoms with E-state index >= 15 is 0 Å². The van der Waals surface area contributed by atoms with E-state index in [-0.39, 0.29) is 31.1 Å². The zero-order valence-corrected chi connectivity index (χ0v) is 34.9. The number of fused-ring (bicyclic) bond motifs is 1. The molecule has 0 saturated carbocycles. The number of esters is 2. The molecule has 0 spiro atoms. The Morgan fingerprint density at radius 1 is 0.831 bits per heavy atom. The van der Waals surface area contributed by atoms with Gasteiger partial charge in [-0.1, -0.05) is 72.8 Å². The second-order valence-electron chi connectivity index (χ2n) is 16.5. The molecule has 2 saturated heterocycles. The van der Waals surface area contributed by atoms with Crippen molar-refractivity contribution < 1.29 is 43.0 Å². The highest BCUT2D eigenvalue weighted by molar-refractivity contribution is 8.03. The normalized spacial score (nSPS) is 19.7. The molecular formula is C45H50N4O9S. The number of benzene rings is 3. The minimum Gasteiger partial charge on any atom is -0.460 e. The predicted molar refractivity (Wildman–Crippen MR) is 223 cm³/mol. The molecule has 3 atom stereocenters. The summed E-state index contributed by atoms with van der Waals surface area (Å²) in [5.41, 5.74) is 2.76. The van der Waals surface area contributed by atoms with Crippen molar-refractivity contribution in [3.05, 3.63) is 124 Å². The lowest BCUT2D eigenvalue weighted by Gasteiger charge is -2.52. The van der Waals surface area contributed by atoms with E-state index in [0.29, 0.717) is 35.4 Å². The van der Waals surface area contributed by atoms with Gasteiger partial charge in [0.1, 0.15) is 22.6 Å². The number of anilines is 1. The molecule has 0 bridgehead atoms. The first-order valence-corrected chi connectivity index (χ1v) is 20.5. The highest BCUT2D eigenvalue weighted by Crippen LogP contribution is 2.45. The summed E-state index contributed by atoms with van der Waals surface area (Å²) in [6.07, 6.45) is -1.09. The van der Waals surface area contributed by atoms with E-state index in [1.165, 1.54) is 16.7 Å². The third-order valence-electron chi connectivity index (χ3n) is 9.56. The molecule has 3 N–H and O–H groups in total. The van der Waals surface area contributed by atoms with Crippen molar-refractivity contribution in [2.24, 2.45) is 0 Å². The van der Waals surface area contributed by atoms with Gasteiger partial charge in [0.25, 0.3) is 0 Å². The van der Waals surface area contributed by atoms with Gasteiger partial charge in [-0.05, 0) is 99.8 Å². The lowest BCUT2D eigenvalue weighted by Crippen LogP contribution is -2.74. The first kappa shape index (κ1) is 42.7. The molecule has 3 aliphatic rings. The van der Waals surface area contributed by atoms with Crippen LogP contribution in [0.5, 0.6) is 0 Å². The summed E-state index contributed by atoms with van der Waals surface area (Å²) >= 11 is 1.26. The highest BCUT2D eigenvalue weighted by atomic mass is 32.2. The monoisotopic (exact) mass is 822 g/mol. The average Bonchev–Trinajstić information content (AvgIpc) is 3.61. The molecule has 4 amide bonds. The maximum absolute atomic E-state index is 14.8. The van der Waals surface area contributed by atoms with Gasteiger partial charge in [-0.15, -0.1) is 11.8 Å². The van der Waals surface area contributed by atoms with Crippen LogP contribution in [0.1, 0.15) is 83.6 Å². The number of amides is 4. The molecule has 6 rings (SSSR count). The number of β-lactam (4-membered cyclic amide) rings is 1. The Bertz CT molecular complexity index is 2100. The van der Waals surface area contributed by atoms with Crippen LogP contribution in [0.3, 0.4) is 0 Å². The molecule has 59 heavy (non-hydrogen) atoms. The lowest BCUT2D eigenvalue weighted by atomic mass is 9.86. The first-order chi connectivity index (χ1) is 28.0. The number of nitrogens with zero attached hydrogens (tertiary/aromatic N) is 1. The number of nitrogens with one attached hydrogen (secondary N) is 3. The molecule has 3 aromatic carbocycles. The summed E-state index contributed by atoms with van der Waals surface area (Å²) in [6.45, 7) is 10.9. The zero-order chi connectivity index (χ0) is 42.5. The van der Waals surface area contributed by atoms with Gasteiger partial charge in [0.2, 0.25) is 17.7 Å². The van der Waals surface area contributed by atoms with Gasteiger partial charge in [-0.25, -0.2) is 9.59 Å². The third-order valence-corrected chi connectivity index (χ3v) is 10.7. The first-order valence-electron chi connectivity index (χ1n) is 19.6. The van der Waals surface area contributed by atoms with E-state index in [0.717, 1.165) is 16.7 Å².